The van der Waals surface area contributed by atoms with Crippen molar-refractivity contribution in [1.29, 1.82) is 0 Å². The molecule has 0 aromatic carbocycles. The molecule has 0 aliphatic rings. The van der Waals surface area contributed by atoms with Crippen LogP contribution in [0.5, 0.6) is 5.75 Å². The largest absolute Gasteiger partial charge is 0.488 e. The number of aromatic nitrogens is 5. The van der Waals surface area contributed by atoms with Gasteiger partial charge >= 0.3 is 0 Å². The Bertz CT molecular complexity index is 1240. The lowest BCUT2D eigenvalue weighted by atomic mass is 10.1. The molecule has 0 bridgehead atoms. The molecule has 0 fully saturated rings. The molecule has 4 aromatic rings. The molecule has 4 rings (SSSR count). The van der Waals surface area contributed by atoms with Crippen molar-refractivity contribution in [2.24, 2.45) is 0 Å². The number of aliphatic hydroxyl groups is 1. The fourth-order valence-corrected chi connectivity index (χ4v) is 3.10. The summed E-state index contributed by atoms with van der Waals surface area (Å²) in [4.78, 5) is 4.35. The number of aryl methyl sites for hydroxylation is 3. The van der Waals surface area contributed by atoms with Crippen LogP contribution in [0.3, 0.4) is 0 Å². The smallest absolute Gasteiger partial charge is 0.154 e. The lowest BCUT2D eigenvalue weighted by Gasteiger charge is -2.19. The number of hydrogen-bond donors (Lipinski definition) is 2. The van der Waals surface area contributed by atoms with Gasteiger partial charge in [-0.2, -0.15) is 10.2 Å². The predicted octanol–water partition coefficient (Wildman–Crippen LogP) is 4.00. The second-order valence-electron chi connectivity index (χ2n) is 8.36. The molecule has 0 spiro atoms. The molecule has 4 aromatic heterocycles. The van der Waals surface area contributed by atoms with Crippen LogP contribution >= 0.6 is 0 Å². The molecule has 160 valence electrons. The van der Waals surface area contributed by atoms with Crippen molar-refractivity contribution in [2.75, 3.05) is 11.9 Å². The first-order valence-corrected chi connectivity index (χ1v) is 10.1. The van der Waals surface area contributed by atoms with Crippen LogP contribution in [0, 0.1) is 20.8 Å². The zero-order chi connectivity index (χ0) is 22.2. The van der Waals surface area contributed by atoms with E-state index in [0.29, 0.717) is 17.4 Å². The Balaban J connectivity index is 1.65. The molecule has 0 amide bonds. The lowest BCUT2D eigenvalue weighted by Crippen LogP contribution is -2.28. The van der Waals surface area contributed by atoms with Gasteiger partial charge in [0.1, 0.15) is 12.4 Å². The highest BCUT2D eigenvalue weighted by molar-refractivity contribution is 5.75. The third-order valence-corrected chi connectivity index (χ3v) is 4.85. The number of fused-ring (bicyclic) bond motifs is 1. The molecule has 0 unspecified atom stereocenters. The highest BCUT2D eigenvalue weighted by Crippen LogP contribution is 2.32. The van der Waals surface area contributed by atoms with Gasteiger partial charge in [-0.1, -0.05) is 0 Å². The summed E-state index contributed by atoms with van der Waals surface area (Å²) < 4.78 is 7.66. The van der Waals surface area contributed by atoms with Gasteiger partial charge < -0.3 is 15.2 Å². The molecule has 31 heavy (non-hydrogen) atoms. The average molecular weight is 419 g/mol. The zero-order valence-electron chi connectivity index (χ0n) is 18.3. The molecule has 4 heterocycles. The summed E-state index contributed by atoms with van der Waals surface area (Å²) in [7, 11) is 0. The second kappa shape index (κ2) is 7.96. The Morgan fingerprint density at radius 1 is 1.06 bits per heavy atom. The Kier molecular flexibility index (Phi) is 5.32. The van der Waals surface area contributed by atoms with E-state index in [0.717, 1.165) is 33.6 Å². The van der Waals surface area contributed by atoms with Crippen molar-refractivity contribution in [1.82, 2.24) is 24.8 Å². The number of anilines is 2. The first kappa shape index (κ1) is 20.7. The van der Waals surface area contributed by atoms with E-state index in [1.165, 1.54) is 0 Å². The normalized spacial score (nSPS) is 11.7. The minimum Gasteiger partial charge on any atom is -0.488 e. The second-order valence-corrected chi connectivity index (χ2v) is 8.36. The van der Waals surface area contributed by atoms with Crippen LogP contribution in [0.4, 0.5) is 11.6 Å². The Morgan fingerprint density at radius 3 is 2.61 bits per heavy atom. The van der Waals surface area contributed by atoms with Gasteiger partial charge in [0.15, 0.2) is 11.6 Å². The van der Waals surface area contributed by atoms with Crippen LogP contribution in [0.15, 0.2) is 42.7 Å². The van der Waals surface area contributed by atoms with E-state index in [4.69, 9.17) is 4.74 Å². The average Bonchev–Trinajstić information content (AvgIpc) is 3.10. The molecular formula is C23H26N6O2. The standard InChI is InChI=1S/C23H26N6O2/c1-14-8-21(27-26-16(14)3)25-22-11-18-10-17(6-7-29(18)28-22)19-9-15(2)24-12-20(19)31-13-23(4,5)30/h6-12,30H,13H2,1-5H3,(H,25,27,28). The van der Waals surface area contributed by atoms with E-state index >= 15 is 0 Å². The molecule has 0 saturated heterocycles. The molecule has 0 aliphatic heterocycles. The quantitative estimate of drug-likeness (QED) is 0.488. The minimum absolute atomic E-state index is 0.171. The van der Waals surface area contributed by atoms with Gasteiger partial charge in [-0.25, -0.2) is 4.52 Å². The minimum atomic E-state index is -0.935. The molecule has 0 aliphatic carbocycles. The summed E-state index contributed by atoms with van der Waals surface area (Å²) in [5.74, 6) is 1.96. The van der Waals surface area contributed by atoms with Crippen molar-refractivity contribution in [3.8, 4) is 16.9 Å². The summed E-state index contributed by atoms with van der Waals surface area (Å²) in [5.41, 5.74) is 4.72. The van der Waals surface area contributed by atoms with Crippen molar-refractivity contribution in [3.63, 3.8) is 0 Å². The maximum Gasteiger partial charge on any atom is 0.154 e. The van der Waals surface area contributed by atoms with Crippen molar-refractivity contribution < 1.29 is 9.84 Å². The van der Waals surface area contributed by atoms with Crippen LogP contribution in [0.1, 0.15) is 30.8 Å². The zero-order valence-corrected chi connectivity index (χ0v) is 18.3. The van der Waals surface area contributed by atoms with E-state index in [2.05, 4.69) is 25.6 Å². The Morgan fingerprint density at radius 2 is 1.87 bits per heavy atom. The van der Waals surface area contributed by atoms with Gasteiger partial charge in [0.25, 0.3) is 0 Å². The van der Waals surface area contributed by atoms with Gasteiger partial charge in [0.05, 0.1) is 23.0 Å². The van der Waals surface area contributed by atoms with E-state index in [1.807, 2.05) is 57.3 Å². The maximum absolute atomic E-state index is 10.0. The third kappa shape index (κ3) is 4.80. The monoisotopic (exact) mass is 418 g/mol. The van der Waals surface area contributed by atoms with Gasteiger partial charge in [0, 0.05) is 23.5 Å². The SMILES string of the molecule is Cc1cc(-c2ccn3nc(Nc4cc(C)c(C)nn4)cc3c2)c(OCC(C)(C)O)cn1. The topological polar surface area (TPSA) is 97.5 Å². The van der Waals surface area contributed by atoms with Crippen LogP contribution in [-0.4, -0.2) is 42.1 Å². The Labute approximate surface area is 180 Å². The highest BCUT2D eigenvalue weighted by Gasteiger charge is 2.16. The van der Waals surface area contributed by atoms with Crippen LogP contribution in [-0.2, 0) is 0 Å². The summed E-state index contributed by atoms with van der Waals surface area (Å²) in [6.07, 6.45) is 3.60. The van der Waals surface area contributed by atoms with Crippen molar-refractivity contribution in [2.45, 2.75) is 40.2 Å². The van der Waals surface area contributed by atoms with Crippen molar-refractivity contribution >= 4 is 17.2 Å². The maximum atomic E-state index is 10.0. The van der Waals surface area contributed by atoms with Gasteiger partial charge in [-0.3, -0.25) is 4.98 Å². The fraction of sp³-hybridized carbons (Fsp3) is 0.304. The summed E-state index contributed by atoms with van der Waals surface area (Å²) in [5, 5.41) is 26.1. The van der Waals surface area contributed by atoms with E-state index in [1.54, 1.807) is 24.6 Å². The first-order valence-electron chi connectivity index (χ1n) is 10.1. The van der Waals surface area contributed by atoms with Crippen molar-refractivity contribution in [3.05, 3.63) is 59.7 Å². The molecular weight excluding hydrogens is 392 g/mol. The van der Waals surface area contributed by atoms with Crippen LogP contribution in [0.25, 0.3) is 16.6 Å². The molecule has 0 atom stereocenters. The molecule has 8 nitrogen and oxygen atoms in total. The van der Waals surface area contributed by atoms with Crippen LogP contribution < -0.4 is 10.1 Å². The highest BCUT2D eigenvalue weighted by atomic mass is 16.5. The summed E-state index contributed by atoms with van der Waals surface area (Å²) >= 11 is 0. The predicted molar refractivity (Wildman–Crippen MR) is 120 cm³/mol. The van der Waals surface area contributed by atoms with Gasteiger partial charge in [0.2, 0.25) is 0 Å². The van der Waals surface area contributed by atoms with Crippen LogP contribution in [0.2, 0.25) is 0 Å². The molecule has 0 saturated carbocycles. The first-order chi connectivity index (χ1) is 14.7. The molecule has 8 heteroatoms. The van der Waals surface area contributed by atoms with E-state index in [-0.39, 0.29) is 6.61 Å². The fourth-order valence-electron chi connectivity index (χ4n) is 3.10. The van der Waals surface area contributed by atoms with Gasteiger partial charge in [-0.05, 0) is 70.0 Å². The number of nitrogens with one attached hydrogen (secondary N) is 1. The number of hydrogen-bond acceptors (Lipinski definition) is 7. The number of nitrogens with zero attached hydrogens (tertiary/aromatic N) is 5. The van der Waals surface area contributed by atoms with Gasteiger partial charge in [-0.15, -0.1) is 5.10 Å². The third-order valence-electron chi connectivity index (χ3n) is 4.85. The number of rotatable bonds is 6. The number of ether oxygens (including phenoxy) is 1. The molecule has 2 N–H and O–H groups in total. The molecule has 0 radical (unpaired) electrons. The summed E-state index contributed by atoms with van der Waals surface area (Å²) in [6, 6.07) is 9.89. The van der Waals surface area contributed by atoms with E-state index < -0.39 is 5.60 Å². The lowest BCUT2D eigenvalue weighted by molar-refractivity contribution is 0.0286. The number of pyridine rings is 2. The summed E-state index contributed by atoms with van der Waals surface area (Å²) in [6.45, 7) is 9.46. The van der Waals surface area contributed by atoms with E-state index in [9.17, 15) is 5.11 Å². The Hall–Kier alpha value is -3.52.